The van der Waals surface area contributed by atoms with Crippen LogP contribution in [-0.2, 0) is 4.79 Å². The summed E-state index contributed by atoms with van der Waals surface area (Å²) in [4.78, 5) is 21.5. The van der Waals surface area contributed by atoms with E-state index in [9.17, 15) is 4.79 Å². The first-order valence-electron chi connectivity index (χ1n) is 5.89. The highest BCUT2D eigenvalue weighted by molar-refractivity contribution is 5.93. The highest BCUT2D eigenvalue weighted by Gasteiger charge is 2.27. The Morgan fingerprint density at radius 1 is 1.67 bits per heavy atom. The first-order chi connectivity index (χ1) is 8.66. The number of pyridine rings is 1. The van der Waals surface area contributed by atoms with E-state index in [0.29, 0.717) is 17.7 Å². The molecule has 0 unspecified atom stereocenters. The van der Waals surface area contributed by atoms with Crippen molar-refractivity contribution in [2.75, 3.05) is 18.9 Å². The number of nitrogens with two attached hydrogens (primary N) is 1. The molecule has 0 atom stereocenters. The minimum Gasteiger partial charge on any atom is -0.370 e. The van der Waals surface area contributed by atoms with Crippen molar-refractivity contribution in [1.29, 1.82) is 0 Å². The van der Waals surface area contributed by atoms with E-state index < -0.39 is 0 Å². The maximum absolute atomic E-state index is 11.6. The molecule has 1 aliphatic rings. The van der Waals surface area contributed by atoms with Gasteiger partial charge in [0.05, 0.1) is 11.9 Å². The molecule has 1 amide bonds. The Balaban J connectivity index is 1.82. The molecule has 3 N–H and O–H groups in total. The van der Waals surface area contributed by atoms with Crippen LogP contribution in [0.4, 0.5) is 5.69 Å². The lowest BCUT2D eigenvalue weighted by Gasteiger charge is -2.16. The number of guanidine groups is 1. The molecule has 6 nitrogen and oxygen atoms in total. The largest absolute Gasteiger partial charge is 0.370 e. The number of nitrogens with one attached hydrogen (secondary N) is 1. The number of nitrogens with zero attached hydrogens (tertiary/aromatic N) is 3. The fourth-order valence-corrected chi connectivity index (χ4v) is 1.55. The van der Waals surface area contributed by atoms with Crippen molar-refractivity contribution in [2.24, 2.45) is 10.7 Å². The SMILES string of the molecule is CN(C(N)=NCC(=O)Nc1cccnc1)C1CC1. The zero-order valence-electron chi connectivity index (χ0n) is 10.3. The highest BCUT2D eigenvalue weighted by Crippen LogP contribution is 2.24. The molecule has 1 saturated carbocycles. The second-order valence-corrected chi connectivity index (χ2v) is 4.31. The molecule has 0 spiro atoms. The topological polar surface area (TPSA) is 83.6 Å². The van der Waals surface area contributed by atoms with Crippen LogP contribution in [0.5, 0.6) is 0 Å². The van der Waals surface area contributed by atoms with Crippen LogP contribution in [-0.4, -0.2) is 41.4 Å². The average molecular weight is 247 g/mol. The smallest absolute Gasteiger partial charge is 0.246 e. The number of rotatable bonds is 4. The van der Waals surface area contributed by atoms with E-state index >= 15 is 0 Å². The van der Waals surface area contributed by atoms with Crippen LogP contribution in [0.2, 0.25) is 0 Å². The monoisotopic (exact) mass is 247 g/mol. The maximum atomic E-state index is 11.6. The molecule has 1 aliphatic carbocycles. The van der Waals surface area contributed by atoms with E-state index in [2.05, 4.69) is 15.3 Å². The number of amides is 1. The van der Waals surface area contributed by atoms with Gasteiger partial charge in [-0.15, -0.1) is 0 Å². The Labute approximate surface area is 106 Å². The molecule has 0 radical (unpaired) electrons. The van der Waals surface area contributed by atoms with E-state index in [1.54, 1.807) is 24.5 Å². The normalized spacial score (nSPS) is 15.3. The molecule has 1 aromatic rings. The Morgan fingerprint density at radius 2 is 2.44 bits per heavy atom. The lowest BCUT2D eigenvalue weighted by molar-refractivity contribution is -0.114. The highest BCUT2D eigenvalue weighted by atomic mass is 16.1. The van der Waals surface area contributed by atoms with Crippen LogP contribution in [0.25, 0.3) is 0 Å². The number of hydrogen-bond donors (Lipinski definition) is 2. The second-order valence-electron chi connectivity index (χ2n) is 4.31. The predicted octanol–water partition coefficient (Wildman–Crippen LogP) is 0.429. The van der Waals surface area contributed by atoms with Crippen molar-refractivity contribution < 1.29 is 4.79 Å². The van der Waals surface area contributed by atoms with Crippen LogP contribution in [0.15, 0.2) is 29.5 Å². The number of aromatic nitrogens is 1. The van der Waals surface area contributed by atoms with Gasteiger partial charge in [-0.05, 0) is 25.0 Å². The quantitative estimate of drug-likeness (QED) is 0.597. The first kappa shape index (κ1) is 12.3. The summed E-state index contributed by atoms with van der Waals surface area (Å²) in [6.45, 7) is 0.0256. The van der Waals surface area contributed by atoms with E-state index in [-0.39, 0.29) is 12.5 Å². The van der Waals surface area contributed by atoms with Crippen LogP contribution >= 0.6 is 0 Å². The zero-order valence-corrected chi connectivity index (χ0v) is 10.3. The Hall–Kier alpha value is -2.11. The van der Waals surface area contributed by atoms with Crippen molar-refractivity contribution >= 4 is 17.6 Å². The zero-order chi connectivity index (χ0) is 13.0. The standard InChI is InChI=1S/C12H17N5O/c1-17(10-4-5-10)12(13)15-8-11(18)16-9-3-2-6-14-7-9/h2-3,6-7,10H,4-5,8H2,1H3,(H2,13,15)(H,16,18). The molecule has 96 valence electrons. The average Bonchev–Trinajstić information content (AvgIpc) is 3.20. The van der Waals surface area contributed by atoms with Gasteiger partial charge in [-0.2, -0.15) is 0 Å². The van der Waals surface area contributed by atoms with E-state index in [1.165, 1.54) is 0 Å². The minimum atomic E-state index is -0.199. The molecule has 1 heterocycles. The van der Waals surface area contributed by atoms with Crippen LogP contribution in [0, 0.1) is 0 Å². The second kappa shape index (κ2) is 5.48. The number of carbonyl (C=O) groups is 1. The van der Waals surface area contributed by atoms with Crippen molar-refractivity contribution in [3.63, 3.8) is 0 Å². The summed E-state index contributed by atoms with van der Waals surface area (Å²) in [5.41, 5.74) is 6.44. The lowest BCUT2D eigenvalue weighted by atomic mass is 10.4. The van der Waals surface area contributed by atoms with E-state index in [0.717, 1.165) is 12.8 Å². The molecule has 18 heavy (non-hydrogen) atoms. The van der Waals surface area contributed by atoms with E-state index in [1.807, 2.05) is 11.9 Å². The molecule has 0 bridgehead atoms. The van der Waals surface area contributed by atoms with Crippen molar-refractivity contribution in [1.82, 2.24) is 9.88 Å². The number of anilines is 1. The van der Waals surface area contributed by atoms with Gasteiger partial charge < -0.3 is 16.0 Å². The van der Waals surface area contributed by atoms with Gasteiger partial charge in [-0.1, -0.05) is 0 Å². The van der Waals surface area contributed by atoms with Gasteiger partial charge in [0.2, 0.25) is 5.91 Å². The molecule has 0 aromatic carbocycles. The number of hydrogen-bond acceptors (Lipinski definition) is 3. The molecule has 0 saturated heterocycles. The summed E-state index contributed by atoms with van der Waals surface area (Å²) >= 11 is 0. The van der Waals surface area contributed by atoms with E-state index in [4.69, 9.17) is 5.73 Å². The molecule has 1 fully saturated rings. The van der Waals surface area contributed by atoms with Crippen molar-refractivity contribution in [2.45, 2.75) is 18.9 Å². The van der Waals surface area contributed by atoms with Crippen molar-refractivity contribution in [3.8, 4) is 0 Å². The van der Waals surface area contributed by atoms with Crippen molar-refractivity contribution in [3.05, 3.63) is 24.5 Å². The van der Waals surface area contributed by atoms with Crippen LogP contribution < -0.4 is 11.1 Å². The van der Waals surface area contributed by atoms with Gasteiger partial charge >= 0.3 is 0 Å². The summed E-state index contributed by atoms with van der Waals surface area (Å²) in [7, 11) is 1.90. The fraction of sp³-hybridized carbons (Fsp3) is 0.417. The molecule has 2 rings (SSSR count). The molecule has 6 heteroatoms. The molecule has 1 aromatic heterocycles. The Morgan fingerprint density at radius 3 is 3.06 bits per heavy atom. The summed E-state index contributed by atoms with van der Waals surface area (Å²) in [6, 6.07) is 4.03. The maximum Gasteiger partial charge on any atom is 0.246 e. The van der Waals surface area contributed by atoms with Gasteiger partial charge in [0.25, 0.3) is 0 Å². The molecular weight excluding hydrogens is 230 g/mol. The first-order valence-corrected chi connectivity index (χ1v) is 5.89. The molecule has 0 aliphatic heterocycles. The number of carbonyl (C=O) groups excluding carboxylic acids is 1. The van der Waals surface area contributed by atoms with Gasteiger partial charge in [-0.25, -0.2) is 4.99 Å². The minimum absolute atomic E-state index is 0.0256. The van der Waals surface area contributed by atoms with Gasteiger partial charge in [0, 0.05) is 19.3 Å². The van der Waals surface area contributed by atoms with Gasteiger partial charge in [-0.3, -0.25) is 9.78 Å². The summed E-state index contributed by atoms with van der Waals surface area (Å²) < 4.78 is 0. The summed E-state index contributed by atoms with van der Waals surface area (Å²) in [6.07, 6.45) is 5.53. The third kappa shape index (κ3) is 3.44. The Bertz CT molecular complexity index is 441. The predicted molar refractivity (Wildman–Crippen MR) is 70.1 cm³/mol. The number of aliphatic imine (C=N–C) groups is 1. The van der Waals surface area contributed by atoms with Crippen LogP contribution in [0.3, 0.4) is 0 Å². The lowest BCUT2D eigenvalue weighted by Crippen LogP contribution is -2.36. The third-order valence-corrected chi connectivity index (χ3v) is 2.79. The van der Waals surface area contributed by atoms with Gasteiger partial charge in [0.1, 0.15) is 6.54 Å². The molecular formula is C12H17N5O. The fourth-order valence-electron chi connectivity index (χ4n) is 1.55. The Kier molecular flexibility index (Phi) is 3.76. The van der Waals surface area contributed by atoms with Crippen LogP contribution in [0.1, 0.15) is 12.8 Å². The third-order valence-electron chi connectivity index (χ3n) is 2.79. The van der Waals surface area contributed by atoms with Gasteiger partial charge in [0.15, 0.2) is 5.96 Å². The summed E-state index contributed by atoms with van der Waals surface area (Å²) in [5, 5.41) is 2.70. The summed E-state index contributed by atoms with van der Waals surface area (Å²) in [5.74, 6) is 0.217.